The molecule has 2 amide bonds. The monoisotopic (exact) mass is 494 g/mol. The highest BCUT2D eigenvalue weighted by atomic mass is 35.5. The van der Waals surface area contributed by atoms with Gasteiger partial charge in [-0.05, 0) is 65.1 Å². The molecule has 1 aliphatic carbocycles. The van der Waals surface area contributed by atoms with Gasteiger partial charge in [0.1, 0.15) is 6.54 Å². The van der Waals surface area contributed by atoms with E-state index in [1.165, 1.54) is 6.42 Å². The third-order valence-electron chi connectivity index (χ3n) is 7.31. The summed E-state index contributed by atoms with van der Waals surface area (Å²) in [6.45, 7) is 10.7. The quantitative estimate of drug-likeness (QED) is 0.504. The Hall–Kier alpha value is -2.79. The van der Waals surface area contributed by atoms with Gasteiger partial charge in [0.2, 0.25) is 5.91 Å². The molecule has 1 saturated carbocycles. The van der Waals surface area contributed by atoms with E-state index in [-0.39, 0.29) is 35.6 Å². The molecule has 1 aliphatic heterocycles. The number of carbonyl (C=O) groups is 2. The Morgan fingerprint density at radius 2 is 1.86 bits per heavy atom. The maximum atomic E-state index is 13.6. The third-order valence-corrected chi connectivity index (χ3v) is 7.57. The first-order valence-electron chi connectivity index (χ1n) is 12.4. The van der Waals surface area contributed by atoms with E-state index in [9.17, 15) is 9.59 Å². The van der Waals surface area contributed by atoms with E-state index in [1.807, 2.05) is 30.3 Å². The van der Waals surface area contributed by atoms with Gasteiger partial charge in [-0.15, -0.1) is 0 Å². The lowest BCUT2D eigenvalue weighted by molar-refractivity contribution is -0.124. The van der Waals surface area contributed by atoms with Gasteiger partial charge >= 0.3 is 0 Å². The first-order chi connectivity index (χ1) is 16.5. The molecular weight excluding hydrogens is 460 g/mol. The van der Waals surface area contributed by atoms with Crippen LogP contribution in [0.2, 0.25) is 5.02 Å². The van der Waals surface area contributed by atoms with Crippen LogP contribution < -0.4 is 15.0 Å². The first kappa shape index (κ1) is 25.3. The number of anilines is 1. The van der Waals surface area contributed by atoms with Gasteiger partial charge in [0.15, 0.2) is 11.5 Å². The molecule has 1 N–H and O–H groups in total. The van der Waals surface area contributed by atoms with Gasteiger partial charge in [-0.2, -0.15) is 0 Å². The average Bonchev–Trinajstić information content (AvgIpc) is 2.80. The molecule has 2 aliphatic rings. The second kappa shape index (κ2) is 10.1. The van der Waals surface area contributed by atoms with Gasteiger partial charge in [0, 0.05) is 11.1 Å². The molecule has 2 aromatic carbocycles. The summed E-state index contributed by atoms with van der Waals surface area (Å²) >= 11 is 6.01. The van der Waals surface area contributed by atoms with Crippen LogP contribution in [0.3, 0.4) is 0 Å². The zero-order valence-electron chi connectivity index (χ0n) is 21.2. The molecule has 5 nitrogen and oxygen atoms in total. The Balaban J connectivity index is 1.65. The van der Waals surface area contributed by atoms with E-state index in [4.69, 9.17) is 16.3 Å². The van der Waals surface area contributed by atoms with E-state index in [2.05, 4.69) is 39.9 Å². The van der Waals surface area contributed by atoms with Gasteiger partial charge in [-0.3, -0.25) is 14.5 Å². The molecule has 6 heteroatoms. The highest BCUT2D eigenvalue weighted by Gasteiger charge is 2.34. The second-order valence-corrected chi connectivity index (χ2v) is 11.4. The molecule has 2 aromatic rings. The topological polar surface area (TPSA) is 58.6 Å². The third kappa shape index (κ3) is 5.72. The van der Waals surface area contributed by atoms with Crippen LogP contribution in [0.25, 0.3) is 6.08 Å². The van der Waals surface area contributed by atoms with E-state index in [1.54, 1.807) is 23.1 Å². The van der Waals surface area contributed by atoms with Gasteiger partial charge in [-0.1, -0.05) is 77.3 Å². The molecule has 3 atom stereocenters. The molecule has 0 aromatic heterocycles. The zero-order chi connectivity index (χ0) is 25.3. The molecule has 0 saturated heterocycles. The van der Waals surface area contributed by atoms with E-state index in [0.717, 1.165) is 24.0 Å². The number of ether oxygens (including phenoxy) is 1. The maximum absolute atomic E-state index is 13.6. The molecule has 0 spiro atoms. The van der Waals surface area contributed by atoms with Crippen molar-refractivity contribution in [3.63, 3.8) is 0 Å². The smallest absolute Gasteiger partial charge is 0.294 e. The van der Waals surface area contributed by atoms with Crippen molar-refractivity contribution < 1.29 is 14.3 Å². The average molecular weight is 495 g/mol. The Morgan fingerprint density at radius 1 is 1.14 bits per heavy atom. The number of nitrogens with zero attached hydrogens (tertiary/aromatic N) is 1. The summed E-state index contributed by atoms with van der Waals surface area (Å²) in [4.78, 5) is 28.3. The molecule has 1 heterocycles. The molecule has 3 unspecified atom stereocenters. The van der Waals surface area contributed by atoms with Crippen molar-refractivity contribution in [2.24, 2.45) is 11.8 Å². The Kier molecular flexibility index (Phi) is 7.27. The lowest BCUT2D eigenvalue weighted by atomic mass is 9.78. The van der Waals surface area contributed by atoms with Crippen LogP contribution in [0.5, 0.6) is 5.75 Å². The van der Waals surface area contributed by atoms with Gasteiger partial charge in [0.25, 0.3) is 5.91 Å². The van der Waals surface area contributed by atoms with Crippen molar-refractivity contribution in [3.8, 4) is 5.75 Å². The first-order valence-corrected chi connectivity index (χ1v) is 12.8. The van der Waals surface area contributed by atoms with Crippen LogP contribution in [0.4, 0.5) is 5.69 Å². The summed E-state index contributed by atoms with van der Waals surface area (Å²) in [5, 5.41) is 3.82. The molecule has 4 rings (SSSR count). The largest absolute Gasteiger partial charge is 0.449 e. The summed E-state index contributed by atoms with van der Waals surface area (Å²) in [5.41, 5.74) is 2.37. The normalized spacial score (nSPS) is 23.6. The fourth-order valence-corrected chi connectivity index (χ4v) is 4.95. The van der Waals surface area contributed by atoms with Gasteiger partial charge in [-0.25, -0.2) is 0 Å². The van der Waals surface area contributed by atoms with Crippen LogP contribution >= 0.6 is 11.6 Å². The fourth-order valence-electron chi connectivity index (χ4n) is 4.83. The number of rotatable bonds is 4. The van der Waals surface area contributed by atoms with Gasteiger partial charge in [0.05, 0.1) is 5.69 Å². The van der Waals surface area contributed by atoms with E-state index < -0.39 is 0 Å². The van der Waals surface area contributed by atoms with Crippen molar-refractivity contribution in [2.45, 2.75) is 65.3 Å². The number of carbonyl (C=O) groups excluding carboxylic acids is 2. The zero-order valence-corrected chi connectivity index (χ0v) is 22.0. The van der Waals surface area contributed by atoms with Crippen molar-refractivity contribution in [3.05, 3.63) is 64.4 Å². The molecule has 0 bridgehead atoms. The van der Waals surface area contributed by atoms with E-state index in [0.29, 0.717) is 28.3 Å². The molecule has 0 radical (unpaired) electrons. The van der Waals surface area contributed by atoms with Crippen molar-refractivity contribution >= 4 is 35.2 Å². The molecule has 35 heavy (non-hydrogen) atoms. The highest BCUT2D eigenvalue weighted by Crippen LogP contribution is 2.39. The minimum Gasteiger partial charge on any atom is -0.449 e. The molecular formula is C29H35ClN2O3. The number of halogens is 1. The van der Waals surface area contributed by atoms with Gasteiger partial charge < -0.3 is 10.1 Å². The van der Waals surface area contributed by atoms with Crippen LogP contribution in [-0.4, -0.2) is 24.4 Å². The van der Waals surface area contributed by atoms with Crippen LogP contribution in [0.15, 0.2) is 48.2 Å². The Labute approximate surface area is 213 Å². The predicted molar refractivity (Wildman–Crippen MR) is 142 cm³/mol. The summed E-state index contributed by atoms with van der Waals surface area (Å²) in [6.07, 6.45) is 4.96. The van der Waals surface area contributed by atoms with Crippen molar-refractivity contribution in [1.29, 1.82) is 0 Å². The number of hydrogen-bond donors (Lipinski definition) is 1. The predicted octanol–water partition coefficient (Wildman–Crippen LogP) is 6.34. The van der Waals surface area contributed by atoms with Crippen molar-refractivity contribution in [2.75, 3.05) is 11.4 Å². The number of hydrogen-bond acceptors (Lipinski definition) is 3. The standard InChI is InChI=1S/C29H35ClN2O3/c1-18-7-6-8-23(19(18)2)31-27(33)17-32-24-16-21(29(3,4)5)11-14-25(24)35-26(28(32)34)15-20-9-12-22(30)13-10-20/h9-16,18-19,23H,6-8,17H2,1-5H3,(H,31,33)/b26-15+. The number of benzene rings is 2. The summed E-state index contributed by atoms with van der Waals surface area (Å²) in [5.74, 6) is 1.24. The lowest BCUT2D eigenvalue weighted by Crippen LogP contribution is -2.49. The fraction of sp³-hybridized carbons (Fsp3) is 0.448. The SMILES string of the molecule is CC1CCCC(NC(=O)CN2C(=O)/C(=C\c3ccc(Cl)cc3)Oc3ccc(C(C)(C)C)cc32)C1C. The van der Waals surface area contributed by atoms with Crippen LogP contribution in [-0.2, 0) is 15.0 Å². The minimum atomic E-state index is -0.335. The summed E-state index contributed by atoms with van der Waals surface area (Å²) < 4.78 is 6.04. The Morgan fingerprint density at radius 3 is 2.54 bits per heavy atom. The highest BCUT2D eigenvalue weighted by molar-refractivity contribution is 6.30. The molecule has 186 valence electrons. The van der Waals surface area contributed by atoms with Crippen molar-refractivity contribution in [1.82, 2.24) is 5.32 Å². The van der Waals surface area contributed by atoms with Crippen LogP contribution in [0, 0.1) is 11.8 Å². The molecule has 1 fully saturated rings. The van der Waals surface area contributed by atoms with E-state index >= 15 is 0 Å². The maximum Gasteiger partial charge on any atom is 0.294 e. The number of amides is 2. The number of nitrogens with one attached hydrogen (secondary N) is 1. The van der Waals surface area contributed by atoms with Crippen LogP contribution in [0.1, 0.15) is 65.0 Å². The summed E-state index contributed by atoms with van der Waals surface area (Å²) in [7, 11) is 0. The Bertz CT molecular complexity index is 1130. The number of fused-ring (bicyclic) bond motifs is 1. The lowest BCUT2D eigenvalue weighted by Gasteiger charge is -2.36. The minimum absolute atomic E-state index is 0.0572. The second-order valence-electron chi connectivity index (χ2n) is 10.9. The summed E-state index contributed by atoms with van der Waals surface area (Å²) in [6, 6.07) is 13.2.